The average molecular weight is 269 g/mol. The van der Waals surface area contributed by atoms with Crippen molar-refractivity contribution in [1.82, 2.24) is 9.97 Å². The molecule has 0 spiro atoms. The second kappa shape index (κ2) is 7.94. The number of nitrogens with one attached hydrogen (secondary N) is 1. The van der Waals surface area contributed by atoms with Crippen molar-refractivity contribution in [2.45, 2.75) is 13.3 Å². The Labute approximate surface area is 119 Å². The van der Waals surface area contributed by atoms with Crippen molar-refractivity contribution in [1.29, 1.82) is 0 Å². The third kappa shape index (κ3) is 4.72. The Morgan fingerprint density at radius 1 is 1.20 bits per heavy atom. The zero-order valence-corrected chi connectivity index (χ0v) is 11.6. The third-order valence-electron chi connectivity index (χ3n) is 2.64. The van der Waals surface area contributed by atoms with E-state index in [0.29, 0.717) is 12.5 Å². The fourth-order valence-electron chi connectivity index (χ4n) is 1.65. The molecule has 4 nitrogen and oxygen atoms in total. The zero-order chi connectivity index (χ0) is 14.0. The van der Waals surface area contributed by atoms with E-state index < -0.39 is 0 Å². The summed E-state index contributed by atoms with van der Waals surface area (Å²) in [6.45, 7) is 3.49. The molecule has 1 aromatic heterocycles. The van der Waals surface area contributed by atoms with Gasteiger partial charge in [0.1, 0.15) is 18.8 Å². The van der Waals surface area contributed by atoms with Crippen molar-refractivity contribution in [3.63, 3.8) is 0 Å². The van der Waals surface area contributed by atoms with Crippen LogP contribution in [-0.4, -0.2) is 23.1 Å². The highest BCUT2D eigenvalue weighted by atomic mass is 16.5. The van der Waals surface area contributed by atoms with Gasteiger partial charge in [-0.2, -0.15) is 0 Å². The maximum atomic E-state index is 5.57. The summed E-state index contributed by atoms with van der Waals surface area (Å²) >= 11 is 0. The van der Waals surface area contributed by atoms with Crippen LogP contribution in [0, 0.1) is 0 Å². The topological polar surface area (TPSA) is 47.0 Å². The van der Waals surface area contributed by atoms with Crippen LogP contribution < -0.4 is 10.1 Å². The molecule has 1 N–H and O–H groups in total. The summed E-state index contributed by atoms with van der Waals surface area (Å²) in [5.74, 6) is 1.38. The lowest BCUT2D eigenvalue weighted by molar-refractivity contribution is 0.348. The maximum absolute atomic E-state index is 5.57. The van der Waals surface area contributed by atoms with Gasteiger partial charge in [-0.25, -0.2) is 9.97 Å². The molecule has 0 aliphatic rings. The van der Waals surface area contributed by atoms with Gasteiger partial charge in [-0.3, -0.25) is 0 Å². The molecule has 0 saturated carbocycles. The molecule has 0 fully saturated rings. The first kappa shape index (κ1) is 14.1. The Bertz CT molecular complexity index is 540. The summed E-state index contributed by atoms with van der Waals surface area (Å²) in [6, 6.07) is 11.9. The molecule has 0 amide bonds. The van der Waals surface area contributed by atoms with E-state index in [1.54, 1.807) is 0 Å². The normalized spacial score (nSPS) is 10.7. The van der Waals surface area contributed by atoms with Gasteiger partial charge in [0.15, 0.2) is 0 Å². The summed E-state index contributed by atoms with van der Waals surface area (Å²) in [5.41, 5.74) is 1.16. The Morgan fingerprint density at radius 2 is 2.05 bits per heavy atom. The summed E-state index contributed by atoms with van der Waals surface area (Å²) in [6.07, 6.45) is 6.56. The van der Waals surface area contributed by atoms with E-state index in [9.17, 15) is 0 Å². The Hall–Kier alpha value is -2.36. The number of ether oxygens (including phenoxy) is 1. The molecule has 0 aliphatic heterocycles. The average Bonchev–Trinajstić information content (AvgIpc) is 2.51. The van der Waals surface area contributed by atoms with E-state index in [-0.39, 0.29) is 0 Å². The lowest BCUT2D eigenvalue weighted by atomic mass is 10.2. The molecule has 1 heterocycles. The standard InChI is InChI=1S/C16H19N3O/c1-2-10-17-15-12-16(19-13-18-15)20-11-6-9-14-7-4-3-5-8-14/h3-9,12-13H,2,10-11H2,1H3,(H,17,18,19)/b9-6+. The minimum atomic E-state index is 0.485. The van der Waals surface area contributed by atoms with Crippen molar-refractivity contribution >= 4 is 11.9 Å². The summed E-state index contributed by atoms with van der Waals surface area (Å²) in [7, 11) is 0. The van der Waals surface area contributed by atoms with Crippen molar-refractivity contribution in [2.24, 2.45) is 0 Å². The van der Waals surface area contributed by atoms with Crippen molar-refractivity contribution in [2.75, 3.05) is 18.5 Å². The molecule has 0 atom stereocenters. The molecule has 20 heavy (non-hydrogen) atoms. The van der Waals surface area contributed by atoms with Gasteiger partial charge >= 0.3 is 0 Å². The van der Waals surface area contributed by atoms with Crippen molar-refractivity contribution in [3.8, 4) is 5.88 Å². The molecule has 2 rings (SSSR count). The zero-order valence-electron chi connectivity index (χ0n) is 11.6. The van der Waals surface area contributed by atoms with E-state index >= 15 is 0 Å². The number of benzene rings is 1. The summed E-state index contributed by atoms with van der Waals surface area (Å²) < 4.78 is 5.57. The van der Waals surface area contributed by atoms with Gasteiger partial charge in [0, 0.05) is 12.6 Å². The van der Waals surface area contributed by atoms with Crippen LogP contribution in [-0.2, 0) is 0 Å². The molecule has 0 unspecified atom stereocenters. The van der Waals surface area contributed by atoms with Gasteiger partial charge in [-0.1, -0.05) is 43.3 Å². The first-order chi connectivity index (χ1) is 9.88. The number of hydrogen-bond donors (Lipinski definition) is 1. The van der Waals surface area contributed by atoms with Crippen LogP contribution in [0.2, 0.25) is 0 Å². The molecule has 0 aliphatic carbocycles. The summed E-state index contributed by atoms with van der Waals surface area (Å²) in [5, 5.41) is 3.20. The quantitative estimate of drug-likeness (QED) is 0.837. The lowest BCUT2D eigenvalue weighted by Crippen LogP contribution is -2.03. The minimum Gasteiger partial charge on any atom is -0.473 e. The first-order valence-corrected chi connectivity index (χ1v) is 6.79. The SMILES string of the molecule is CCCNc1cc(OC/C=C/c2ccccc2)ncn1. The fourth-order valence-corrected chi connectivity index (χ4v) is 1.65. The van der Waals surface area contributed by atoms with E-state index in [2.05, 4.69) is 22.2 Å². The van der Waals surface area contributed by atoms with E-state index in [1.807, 2.05) is 48.6 Å². The van der Waals surface area contributed by atoms with E-state index in [0.717, 1.165) is 24.3 Å². The number of hydrogen-bond acceptors (Lipinski definition) is 4. The van der Waals surface area contributed by atoms with Gasteiger partial charge in [-0.15, -0.1) is 0 Å². The molecule has 4 heteroatoms. The second-order valence-corrected chi connectivity index (χ2v) is 4.29. The summed E-state index contributed by atoms with van der Waals surface area (Å²) in [4.78, 5) is 8.22. The third-order valence-corrected chi connectivity index (χ3v) is 2.64. The highest BCUT2D eigenvalue weighted by Crippen LogP contribution is 2.11. The molecule has 0 saturated heterocycles. The molecular formula is C16H19N3O. The molecule has 104 valence electrons. The van der Waals surface area contributed by atoms with Crippen LogP contribution in [0.1, 0.15) is 18.9 Å². The van der Waals surface area contributed by atoms with Crippen LogP contribution in [0.3, 0.4) is 0 Å². The smallest absolute Gasteiger partial charge is 0.218 e. The Kier molecular flexibility index (Phi) is 5.58. The van der Waals surface area contributed by atoms with E-state index in [1.165, 1.54) is 6.33 Å². The highest BCUT2D eigenvalue weighted by molar-refractivity contribution is 5.48. The minimum absolute atomic E-state index is 0.485. The van der Waals surface area contributed by atoms with Crippen LogP contribution in [0.5, 0.6) is 5.88 Å². The van der Waals surface area contributed by atoms with Gasteiger partial charge in [0.05, 0.1) is 0 Å². The molecule has 0 radical (unpaired) electrons. The van der Waals surface area contributed by atoms with Crippen LogP contribution in [0.15, 0.2) is 48.8 Å². The molecule has 1 aromatic carbocycles. The van der Waals surface area contributed by atoms with Gasteiger partial charge < -0.3 is 10.1 Å². The van der Waals surface area contributed by atoms with Crippen LogP contribution >= 0.6 is 0 Å². The predicted octanol–water partition coefficient (Wildman–Crippen LogP) is 3.39. The molecule has 2 aromatic rings. The fraction of sp³-hybridized carbons (Fsp3) is 0.250. The van der Waals surface area contributed by atoms with Crippen molar-refractivity contribution in [3.05, 3.63) is 54.4 Å². The molecular weight excluding hydrogens is 250 g/mol. The van der Waals surface area contributed by atoms with Crippen LogP contribution in [0.25, 0.3) is 6.08 Å². The number of aromatic nitrogens is 2. The number of anilines is 1. The highest BCUT2D eigenvalue weighted by Gasteiger charge is 1.97. The Balaban J connectivity index is 1.83. The first-order valence-electron chi connectivity index (χ1n) is 6.79. The van der Waals surface area contributed by atoms with Gasteiger partial charge in [-0.05, 0) is 18.1 Å². The predicted molar refractivity (Wildman–Crippen MR) is 81.8 cm³/mol. The maximum Gasteiger partial charge on any atom is 0.218 e. The lowest BCUT2D eigenvalue weighted by Gasteiger charge is -2.05. The molecule has 0 bridgehead atoms. The van der Waals surface area contributed by atoms with Crippen LogP contribution in [0.4, 0.5) is 5.82 Å². The monoisotopic (exact) mass is 269 g/mol. The largest absolute Gasteiger partial charge is 0.473 e. The Morgan fingerprint density at radius 3 is 2.85 bits per heavy atom. The van der Waals surface area contributed by atoms with Gasteiger partial charge in [0.2, 0.25) is 5.88 Å². The van der Waals surface area contributed by atoms with Crippen molar-refractivity contribution < 1.29 is 4.74 Å². The number of nitrogens with zero attached hydrogens (tertiary/aromatic N) is 2. The van der Waals surface area contributed by atoms with Gasteiger partial charge in [0.25, 0.3) is 0 Å². The number of rotatable bonds is 7. The van der Waals surface area contributed by atoms with E-state index in [4.69, 9.17) is 4.74 Å². The second-order valence-electron chi connectivity index (χ2n) is 4.29.